The number of ether oxygens (including phenoxy) is 1. The second-order valence-corrected chi connectivity index (χ2v) is 19.5. The van der Waals surface area contributed by atoms with Gasteiger partial charge < -0.3 is 24.8 Å². The summed E-state index contributed by atoms with van der Waals surface area (Å²) >= 11 is 6.24. The van der Waals surface area contributed by atoms with Crippen molar-refractivity contribution in [2.24, 2.45) is 10.8 Å². The number of aromatic amines is 1. The molecule has 60 heavy (non-hydrogen) atoms. The van der Waals surface area contributed by atoms with E-state index in [1.165, 1.54) is 35.0 Å². The monoisotopic (exact) mass is 850 g/mol. The number of halogens is 1. The van der Waals surface area contributed by atoms with Crippen LogP contribution in [0.1, 0.15) is 49.0 Å². The molecule has 3 aliphatic heterocycles. The van der Waals surface area contributed by atoms with Crippen LogP contribution in [0.2, 0.25) is 5.02 Å². The molecule has 0 atom stereocenters. The van der Waals surface area contributed by atoms with Gasteiger partial charge in [0.15, 0.2) is 0 Å². The lowest BCUT2D eigenvalue weighted by atomic mass is 9.72. The van der Waals surface area contributed by atoms with Gasteiger partial charge in [-0.3, -0.25) is 19.8 Å². The summed E-state index contributed by atoms with van der Waals surface area (Å²) < 4.78 is 35.8. The molecule has 0 saturated carbocycles. The minimum absolute atomic E-state index is 0.0249. The number of piperazine rings is 1. The van der Waals surface area contributed by atoms with Crippen LogP contribution in [0.5, 0.6) is 11.5 Å². The zero-order valence-corrected chi connectivity index (χ0v) is 35.1. The number of aromatic nitrogens is 2. The summed E-state index contributed by atoms with van der Waals surface area (Å²) in [7, 11) is -4.53. The van der Waals surface area contributed by atoms with Crippen LogP contribution in [0.15, 0.2) is 95.7 Å². The van der Waals surface area contributed by atoms with E-state index in [1.807, 2.05) is 23.1 Å². The Kier molecular flexibility index (Phi) is 10.3. The molecule has 1 amide bonds. The van der Waals surface area contributed by atoms with Crippen LogP contribution in [-0.2, 0) is 10.0 Å². The number of sulfonamides is 1. The number of nitro groups is 1. The summed E-state index contributed by atoms with van der Waals surface area (Å²) in [4.78, 5) is 39.1. The summed E-state index contributed by atoms with van der Waals surface area (Å²) in [5.41, 5.74) is 5.92. The molecule has 3 fully saturated rings. The van der Waals surface area contributed by atoms with Gasteiger partial charge in [-0.25, -0.2) is 18.1 Å². The second kappa shape index (κ2) is 15.5. The minimum atomic E-state index is -4.53. The van der Waals surface area contributed by atoms with E-state index in [1.54, 1.807) is 30.5 Å². The van der Waals surface area contributed by atoms with Crippen molar-refractivity contribution in [1.82, 2.24) is 24.9 Å². The smallest absolute Gasteiger partial charge is 0.293 e. The topological polar surface area (TPSA) is 166 Å². The molecule has 0 radical (unpaired) electrons. The van der Waals surface area contributed by atoms with Gasteiger partial charge in [0.1, 0.15) is 22.8 Å². The molecule has 0 bridgehead atoms. The van der Waals surface area contributed by atoms with E-state index in [0.717, 1.165) is 87.2 Å². The van der Waals surface area contributed by atoms with E-state index in [0.29, 0.717) is 30.2 Å². The van der Waals surface area contributed by atoms with Crippen molar-refractivity contribution < 1.29 is 22.9 Å². The lowest BCUT2D eigenvalue weighted by Gasteiger charge is -2.56. The van der Waals surface area contributed by atoms with Gasteiger partial charge in [-0.1, -0.05) is 43.2 Å². The van der Waals surface area contributed by atoms with Crippen molar-refractivity contribution in [2.45, 2.75) is 38.0 Å². The Labute approximate surface area is 353 Å². The molecular formula is C44H47ClN8O6S. The maximum Gasteiger partial charge on any atom is 0.293 e. The Morgan fingerprint density at radius 3 is 2.47 bits per heavy atom. The molecule has 5 heterocycles. The quantitative estimate of drug-likeness (QED) is 0.0907. The molecule has 14 nitrogen and oxygen atoms in total. The first-order valence-corrected chi connectivity index (χ1v) is 22.1. The van der Waals surface area contributed by atoms with Crippen LogP contribution in [0.3, 0.4) is 0 Å². The number of nitrogens with zero attached hydrogens (tertiary/aromatic N) is 5. The van der Waals surface area contributed by atoms with Crippen molar-refractivity contribution in [3.05, 3.63) is 117 Å². The lowest BCUT2D eigenvalue weighted by Crippen LogP contribution is -2.71. The number of amides is 1. The van der Waals surface area contributed by atoms with Crippen LogP contribution in [0, 0.1) is 20.9 Å². The lowest BCUT2D eigenvalue weighted by molar-refractivity contribution is -0.384. The number of anilines is 2. The zero-order valence-electron chi connectivity index (χ0n) is 33.5. The van der Waals surface area contributed by atoms with Gasteiger partial charge in [-0.15, -0.1) is 0 Å². The average molecular weight is 851 g/mol. The van der Waals surface area contributed by atoms with E-state index in [2.05, 4.69) is 55.8 Å². The standard InChI is InChI=1S/C44H47ClN8O6S/c1-43(2)13-11-31(37(22-43)29-3-5-32(45)6-4-29)24-50-15-17-51(18-16-50)33-7-9-36(40(20-33)59-34-19-30-12-14-47-41(30)48-23-34)42(54)49-60(57,58)35-8-10-38(39(21-35)53(55)56)52-27-44(28-52)25-46-26-44/h3-10,12,14,19-21,23,46H,11,13,15-18,22,24-28H2,1-2H3,(H,47,48)(H,49,54). The third kappa shape index (κ3) is 8.06. The molecule has 4 aliphatic rings. The van der Waals surface area contributed by atoms with E-state index < -0.39 is 20.9 Å². The number of carbonyl (C=O) groups excluding carboxylic acids is 1. The van der Waals surface area contributed by atoms with Gasteiger partial charge in [0.05, 0.1) is 21.6 Å². The molecule has 0 unspecified atom stereocenters. The van der Waals surface area contributed by atoms with E-state index >= 15 is 0 Å². The van der Waals surface area contributed by atoms with Crippen LogP contribution in [0.25, 0.3) is 16.6 Å². The van der Waals surface area contributed by atoms with Gasteiger partial charge in [0.25, 0.3) is 21.6 Å². The number of allylic oxidation sites excluding steroid dienone is 1. The SMILES string of the molecule is CC1(C)CCC(CN2CCN(c3ccc(C(=O)NS(=O)(=O)c4ccc(N5CC6(CNC6)C5)c([N+](=O)[O-])c4)c(Oc4cnc5[nH]ccc5c4)c3)CC2)=C(c2ccc(Cl)cc2)C1. The van der Waals surface area contributed by atoms with E-state index in [9.17, 15) is 23.3 Å². The molecule has 3 N–H and O–H groups in total. The molecule has 3 aromatic carbocycles. The van der Waals surface area contributed by atoms with Crippen LogP contribution in [-0.4, -0.2) is 93.0 Å². The number of carbonyl (C=O) groups is 1. The largest absolute Gasteiger partial charge is 0.455 e. The maximum atomic E-state index is 13.9. The molecule has 9 rings (SSSR count). The third-order valence-electron chi connectivity index (χ3n) is 12.4. The Morgan fingerprint density at radius 1 is 0.983 bits per heavy atom. The minimum Gasteiger partial charge on any atom is -0.455 e. The summed E-state index contributed by atoms with van der Waals surface area (Å²) in [6.45, 7) is 11.7. The Morgan fingerprint density at radius 2 is 1.75 bits per heavy atom. The molecule has 312 valence electrons. The first kappa shape index (κ1) is 40.0. The van der Waals surface area contributed by atoms with Gasteiger partial charge in [0.2, 0.25) is 0 Å². The molecule has 16 heteroatoms. The number of nitrogens with one attached hydrogen (secondary N) is 3. The highest BCUT2D eigenvalue weighted by Crippen LogP contribution is 2.44. The number of H-pyrrole nitrogens is 1. The predicted molar refractivity (Wildman–Crippen MR) is 233 cm³/mol. The van der Waals surface area contributed by atoms with Crippen molar-refractivity contribution in [3.63, 3.8) is 0 Å². The summed E-state index contributed by atoms with van der Waals surface area (Å²) in [6.07, 6.45) is 6.50. The molecular weight excluding hydrogens is 804 g/mol. The van der Waals surface area contributed by atoms with Crippen LogP contribution >= 0.6 is 11.6 Å². The number of hydrogen-bond acceptors (Lipinski definition) is 11. The van der Waals surface area contributed by atoms with E-state index in [4.69, 9.17) is 16.3 Å². The fourth-order valence-corrected chi connectivity index (χ4v) is 10.0. The fraction of sp³-hybridized carbons (Fsp3) is 0.364. The van der Waals surface area contributed by atoms with Gasteiger partial charge >= 0.3 is 0 Å². The predicted octanol–water partition coefficient (Wildman–Crippen LogP) is 7.23. The first-order chi connectivity index (χ1) is 28.7. The summed E-state index contributed by atoms with van der Waals surface area (Å²) in [5, 5.41) is 16.9. The summed E-state index contributed by atoms with van der Waals surface area (Å²) in [5.74, 6) is -0.440. The van der Waals surface area contributed by atoms with E-state index in [-0.39, 0.29) is 32.7 Å². The fourth-order valence-electron chi connectivity index (χ4n) is 8.94. The number of fused-ring (bicyclic) bond motifs is 1. The van der Waals surface area contributed by atoms with Crippen LogP contribution < -0.4 is 24.6 Å². The Hall–Kier alpha value is -5.48. The number of rotatable bonds is 11. The Balaban J connectivity index is 0.940. The van der Waals surface area contributed by atoms with Crippen molar-refractivity contribution >= 4 is 61.2 Å². The van der Waals surface area contributed by atoms with Gasteiger partial charge in [-0.2, -0.15) is 0 Å². The molecule has 1 spiro atoms. The third-order valence-corrected chi connectivity index (χ3v) is 14.0. The molecule has 1 aliphatic carbocycles. The first-order valence-electron chi connectivity index (χ1n) is 20.2. The van der Waals surface area contributed by atoms with Gasteiger partial charge in [-0.05, 0) is 84.3 Å². The number of hydrogen-bond donors (Lipinski definition) is 3. The highest BCUT2D eigenvalue weighted by atomic mass is 35.5. The molecule has 3 saturated heterocycles. The van der Waals surface area contributed by atoms with Crippen LogP contribution in [0.4, 0.5) is 17.1 Å². The second-order valence-electron chi connectivity index (χ2n) is 17.4. The average Bonchev–Trinajstić information content (AvgIpc) is 3.66. The molecule has 2 aromatic heterocycles. The number of pyridine rings is 1. The highest BCUT2D eigenvalue weighted by molar-refractivity contribution is 7.90. The number of nitro benzene ring substituents is 1. The van der Waals surface area contributed by atoms with Gasteiger partial charge in [0, 0.05) is 98.7 Å². The van der Waals surface area contributed by atoms with Crippen molar-refractivity contribution in [1.29, 1.82) is 0 Å². The molecule has 5 aromatic rings. The van der Waals surface area contributed by atoms with Crippen molar-refractivity contribution in [3.8, 4) is 11.5 Å². The highest BCUT2D eigenvalue weighted by Gasteiger charge is 2.49. The number of benzene rings is 3. The summed E-state index contributed by atoms with van der Waals surface area (Å²) in [6, 6.07) is 20.7. The zero-order chi connectivity index (χ0) is 41.8. The normalized spacial score (nSPS) is 18.9. The Bertz CT molecular complexity index is 2630. The maximum absolute atomic E-state index is 13.9. The van der Waals surface area contributed by atoms with Crippen molar-refractivity contribution in [2.75, 3.05) is 68.7 Å².